The SMILES string of the molecule is COC(=O)c1ccc(C2NC(c3cccs3)=CC(c3ccccc3O)N2)cc1. The molecular formula is C22H20N2O3S. The highest BCUT2D eigenvalue weighted by atomic mass is 32.1. The molecule has 0 spiro atoms. The highest BCUT2D eigenvalue weighted by Crippen LogP contribution is 2.34. The molecule has 2 atom stereocenters. The molecule has 0 saturated heterocycles. The maximum atomic E-state index is 11.7. The number of hydrogen-bond donors (Lipinski definition) is 3. The molecule has 3 N–H and O–H groups in total. The number of carbonyl (C=O) groups is 1. The number of nitrogens with one attached hydrogen (secondary N) is 2. The molecule has 0 saturated carbocycles. The average Bonchev–Trinajstić information content (AvgIpc) is 3.28. The van der Waals surface area contributed by atoms with Crippen LogP contribution < -0.4 is 10.6 Å². The van der Waals surface area contributed by atoms with Gasteiger partial charge in [0.05, 0.1) is 24.4 Å². The third kappa shape index (κ3) is 3.65. The second-order valence-electron chi connectivity index (χ2n) is 6.45. The Morgan fingerprint density at radius 2 is 1.86 bits per heavy atom. The van der Waals surface area contributed by atoms with Gasteiger partial charge in [0.2, 0.25) is 0 Å². The first kappa shape index (κ1) is 18.3. The van der Waals surface area contributed by atoms with E-state index in [1.54, 1.807) is 29.5 Å². The van der Waals surface area contributed by atoms with Crippen LogP contribution in [0.25, 0.3) is 5.70 Å². The molecule has 6 heteroatoms. The summed E-state index contributed by atoms with van der Waals surface area (Å²) in [4.78, 5) is 12.8. The molecule has 1 aliphatic heterocycles. The number of aromatic hydroxyl groups is 1. The molecule has 3 aromatic rings. The minimum absolute atomic E-state index is 0.162. The second-order valence-corrected chi connectivity index (χ2v) is 7.40. The molecule has 0 radical (unpaired) electrons. The fourth-order valence-corrected chi connectivity index (χ4v) is 3.98. The molecule has 0 fully saturated rings. The van der Waals surface area contributed by atoms with E-state index < -0.39 is 0 Å². The first-order valence-electron chi connectivity index (χ1n) is 8.90. The molecule has 28 heavy (non-hydrogen) atoms. The smallest absolute Gasteiger partial charge is 0.337 e. The number of benzene rings is 2. The van der Waals surface area contributed by atoms with E-state index >= 15 is 0 Å². The van der Waals surface area contributed by atoms with Crippen LogP contribution in [0.1, 0.15) is 38.6 Å². The van der Waals surface area contributed by atoms with Crippen LogP contribution in [0.3, 0.4) is 0 Å². The Labute approximate surface area is 167 Å². The summed E-state index contributed by atoms with van der Waals surface area (Å²) in [6, 6.07) is 18.6. The lowest BCUT2D eigenvalue weighted by atomic mass is 9.99. The van der Waals surface area contributed by atoms with Crippen molar-refractivity contribution in [2.45, 2.75) is 12.2 Å². The molecule has 2 unspecified atom stereocenters. The standard InChI is InChI=1S/C22H20N2O3S/c1-27-22(26)15-10-8-14(9-11-15)21-23-17(16-5-2-3-6-19(16)25)13-18(24-21)20-7-4-12-28-20/h2-13,17,21,23-25H,1H3. The van der Waals surface area contributed by atoms with Crippen molar-refractivity contribution >= 4 is 23.0 Å². The fraction of sp³-hybridized carbons (Fsp3) is 0.136. The molecule has 2 heterocycles. The number of ether oxygens (including phenoxy) is 1. The number of phenolic OH excluding ortho intramolecular Hbond substituents is 1. The van der Waals surface area contributed by atoms with Gasteiger partial charge >= 0.3 is 5.97 Å². The van der Waals surface area contributed by atoms with Gasteiger partial charge in [-0.25, -0.2) is 4.79 Å². The Morgan fingerprint density at radius 1 is 1.07 bits per heavy atom. The fourth-order valence-electron chi connectivity index (χ4n) is 3.26. The van der Waals surface area contributed by atoms with Gasteiger partial charge in [0.15, 0.2) is 0 Å². The van der Waals surface area contributed by atoms with Crippen molar-refractivity contribution in [1.82, 2.24) is 10.6 Å². The summed E-state index contributed by atoms with van der Waals surface area (Å²) in [7, 11) is 1.37. The van der Waals surface area contributed by atoms with Crippen LogP contribution in [0, 0.1) is 0 Å². The molecule has 5 nitrogen and oxygen atoms in total. The number of rotatable bonds is 4. The lowest BCUT2D eigenvalue weighted by molar-refractivity contribution is 0.0600. The molecule has 0 aliphatic carbocycles. The van der Waals surface area contributed by atoms with Crippen LogP contribution in [0.15, 0.2) is 72.1 Å². The summed E-state index contributed by atoms with van der Waals surface area (Å²) < 4.78 is 4.77. The Kier molecular flexibility index (Phi) is 5.14. The Balaban J connectivity index is 1.68. The minimum atomic E-state index is -0.359. The monoisotopic (exact) mass is 392 g/mol. The first-order valence-corrected chi connectivity index (χ1v) is 9.78. The Morgan fingerprint density at radius 3 is 2.54 bits per heavy atom. The molecule has 4 rings (SSSR count). The van der Waals surface area contributed by atoms with Crippen LogP contribution in [0.2, 0.25) is 0 Å². The lowest BCUT2D eigenvalue weighted by Crippen LogP contribution is -2.39. The number of phenols is 1. The zero-order valence-corrected chi connectivity index (χ0v) is 16.1. The summed E-state index contributed by atoms with van der Waals surface area (Å²) in [6.45, 7) is 0. The zero-order chi connectivity index (χ0) is 19.5. The van der Waals surface area contributed by atoms with E-state index in [1.165, 1.54) is 7.11 Å². The number of hydrogen-bond acceptors (Lipinski definition) is 6. The molecular weight excluding hydrogens is 372 g/mol. The Bertz CT molecular complexity index is 997. The van der Waals surface area contributed by atoms with Crippen LogP contribution in [-0.2, 0) is 4.74 Å². The largest absolute Gasteiger partial charge is 0.508 e. The van der Waals surface area contributed by atoms with Crippen LogP contribution in [0.4, 0.5) is 0 Å². The van der Waals surface area contributed by atoms with Gasteiger partial charge in [-0.15, -0.1) is 11.3 Å². The topological polar surface area (TPSA) is 70.6 Å². The lowest BCUT2D eigenvalue weighted by Gasteiger charge is -2.33. The quantitative estimate of drug-likeness (QED) is 0.580. The molecule has 0 bridgehead atoms. The van der Waals surface area contributed by atoms with Crippen LogP contribution >= 0.6 is 11.3 Å². The van der Waals surface area contributed by atoms with Gasteiger partial charge in [-0.1, -0.05) is 36.4 Å². The zero-order valence-electron chi connectivity index (χ0n) is 15.3. The molecule has 1 aliphatic rings. The summed E-state index contributed by atoms with van der Waals surface area (Å²) in [5.41, 5.74) is 3.31. The summed E-state index contributed by atoms with van der Waals surface area (Å²) >= 11 is 1.66. The number of para-hydroxylation sites is 1. The van der Waals surface area contributed by atoms with Gasteiger partial charge in [-0.3, -0.25) is 5.32 Å². The first-order chi connectivity index (χ1) is 13.7. The highest BCUT2D eigenvalue weighted by molar-refractivity contribution is 7.11. The number of methoxy groups -OCH3 is 1. The van der Waals surface area contributed by atoms with Gasteiger partial charge in [0.1, 0.15) is 11.9 Å². The molecule has 1 aromatic heterocycles. The van der Waals surface area contributed by atoms with Crippen LogP contribution in [0.5, 0.6) is 5.75 Å². The van der Waals surface area contributed by atoms with Crippen molar-refractivity contribution in [3.8, 4) is 5.75 Å². The van der Waals surface area contributed by atoms with Gasteiger partial charge in [0, 0.05) is 10.4 Å². The molecule has 2 aromatic carbocycles. The van der Waals surface area contributed by atoms with E-state index in [9.17, 15) is 9.90 Å². The molecule has 0 amide bonds. The number of thiophene rings is 1. The van der Waals surface area contributed by atoms with Crippen LogP contribution in [-0.4, -0.2) is 18.2 Å². The van der Waals surface area contributed by atoms with Crippen molar-refractivity contribution in [2.75, 3.05) is 7.11 Å². The predicted octanol–water partition coefficient (Wildman–Crippen LogP) is 4.21. The third-order valence-electron chi connectivity index (χ3n) is 4.70. The van der Waals surface area contributed by atoms with Gasteiger partial charge < -0.3 is 15.2 Å². The summed E-state index contributed by atoms with van der Waals surface area (Å²) in [6.07, 6.45) is 1.90. The highest BCUT2D eigenvalue weighted by Gasteiger charge is 2.26. The normalized spacial score (nSPS) is 18.8. The van der Waals surface area contributed by atoms with E-state index in [0.29, 0.717) is 5.56 Å². The summed E-state index contributed by atoms with van der Waals surface area (Å²) in [5, 5.41) is 19.4. The van der Waals surface area contributed by atoms with Gasteiger partial charge in [-0.05, 0) is 41.3 Å². The number of esters is 1. The van der Waals surface area contributed by atoms with Gasteiger partial charge in [-0.2, -0.15) is 0 Å². The van der Waals surface area contributed by atoms with E-state index in [4.69, 9.17) is 4.74 Å². The average molecular weight is 392 g/mol. The van der Waals surface area contributed by atoms with E-state index in [1.807, 2.05) is 41.8 Å². The van der Waals surface area contributed by atoms with Crippen molar-refractivity contribution < 1.29 is 14.6 Å². The minimum Gasteiger partial charge on any atom is -0.508 e. The van der Waals surface area contributed by atoms with E-state index in [2.05, 4.69) is 22.8 Å². The van der Waals surface area contributed by atoms with E-state index in [0.717, 1.165) is 21.7 Å². The molecule has 142 valence electrons. The maximum absolute atomic E-state index is 11.7. The van der Waals surface area contributed by atoms with Crippen molar-refractivity contribution in [3.63, 3.8) is 0 Å². The second kappa shape index (κ2) is 7.88. The number of carbonyl (C=O) groups excluding carboxylic acids is 1. The summed E-state index contributed by atoms with van der Waals surface area (Å²) in [5.74, 6) is -0.106. The van der Waals surface area contributed by atoms with Gasteiger partial charge in [0.25, 0.3) is 0 Å². The van der Waals surface area contributed by atoms with Crippen molar-refractivity contribution in [2.24, 2.45) is 0 Å². The van der Waals surface area contributed by atoms with Crippen molar-refractivity contribution in [1.29, 1.82) is 0 Å². The maximum Gasteiger partial charge on any atom is 0.337 e. The predicted molar refractivity (Wildman–Crippen MR) is 110 cm³/mol. The Hall–Kier alpha value is -3.09. The van der Waals surface area contributed by atoms with Crippen molar-refractivity contribution in [3.05, 3.63) is 93.7 Å². The third-order valence-corrected chi connectivity index (χ3v) is 5.61. The van der Waals surface area contributed by atoms with E-state index in [-0.39, 0.29) is 23.9 Å².